The van der Waals surface area contributed by atoms with Crippen LogP contribution in [0.1, 0.15) is 18.9 Å². The zero-order chi connectivity index (χ0) is 13.4. The van der Waals surface area contributed by atoms with Crippen LogP contribution in [0.5, 0.6) is 5.75 Å². The Kier molecular flexibility index (Phi) is 6.22. The average Bonchev–Trinajstić information content (AvgIpc) is 2.38. The molecule has 0 aromatic heterocycles. The Labute approximate surface area is 108 Å². The Bertz CT molecular complexity index is 379. The molecule has 0 fully saturated rings. The minimum absolute atomic E-state index is 0.0993. The van der Waals surface area contributed by atoms with E-state index >= 15 is 0 Å². The van der Waals surface area contributed by atoms with Gasteiger partial charge in [-0.15, -0.1) is 0 Å². The van der Waals surface area contributed by atoms with E-state index in [4.69, 9.17) is 9.47 Å². The van der Waals surface area contributed by atoms with Crippen molar-refractivity contribution in [3.63, 3.8) is 0 Å². The van der Waals surface area contributed by atoms with Crippen LogP contribution < -0.4 is 10.1 Å². The summed E-state index contributed by atoms with van der Waals surface area (Å²) >= 11 is 0. The molecule has 0 aliphatic carbocycles. The lowest BCUT2D eigenvalue weighted by Gasteiger charge is -2.18. The smallest absolute Gasteiger partial charge is 0.261 e. The van der Waals surface area contributed by atoms with Crippen molar-refractivity contribution in [3.8, 4) is 5.75 Å². The first kappa shape index (κ1) is 14.5. The molecule has 0 radical (unpaired) electrons. The maximum atomic E-state index is 11.9. The monoisotopic (exact) mass is 251 g/mol. The molecule has 0 heterocycles. The van der Waals surface area contributed by atoms with Crippen molar-refractivity contribution >= 4 is 5.91 Å². The quantitative estimate of drug-likeness (QED) is 0.753. The Morgan fingerprint density at radius 3 is 2.72 bits per heavy atom. The van der Waals surface area contributed by atoms with Gasteiger partial charge in [0.05, 0.1) is 6.61 Å². The number of carbonyl (C=O) groups is 1. The van der Waals surface area contributed by atoms with Gasteiger partial charge in [0.1, 0.15) is 5.75 Å². The van der Waals surface area contributed by atoms with Gasteiger partial charge in [0.25, 0.3) is 5.91 Å². The highest BCUT2D eigenvalue weighted by atomic mass is 16.5. The molecule has 0 bridgehead atoms. The summed E-state index contributed by atoms with van der Waals surface area (Å²) in [5.41, 5.74) is 1.03. The predicted octanol–water partition coefficient (Wildman–Crippen LogP) is 1.92. The van der Waals surface area contributed by atoms with Gasteiger partial charge < -0.3 is 14.8 Å². The summed E-state index contributed by atoms with van der Waals surface area (Å²) in [7, 11) is 1.60. The average molecular weight is 251 g/mol. The lowest BCUT2D eigenvalue weighted by molar-refractivity contribution is -0.128. The normalized spacial score (nSPS) is 11.9. The van der Waals surface area contributed by atoms with Crippen molar-refractivity contribution in [2.24, 2.45) is 0 Å². The number of hydrogen-bond donors (Lipinski definition) is 1. The van der Waals surface area contributed by atoms with Crippen molar-refractivity contribution in [2.45, 2.75) is 26.4 Å². The molecule has 4 nitrogen and oxygen atoms in total. The molecule has 1 unspecified atom stereocenters. The summed E-state index contributed by atoms with van der Waals surface area (Å²) in [6, 6.07) is 7.69. The van der Waals surface area contributed by atoms with E-state index in [1.165, 1.54) is 0 Å². The summed E-state index contributed by atoms with van der Waals surface area (Å²) < 4.78 is 10.6. The second kappa shape index (κ2) is 7.71. The highest BCUT2D eigenvalue weighted by molar-refractivity contribution is 5.81. The van der Waals surface area contributed by atoms with Crippen molar-refractivity contribution in [1.29, 1.82) is 0 Å². The molecule has 1 aromatic carbocycles. The largest absolute Gasteiger partial charge is 0.480 e. The fourth-order valence-electron chi connectivity index (χ4n) is 1.55. The van der Waals surface area contributed by atoms with Crippen molar-refractivity contribution < 1.29 is 14.3 Å². The third-order valence-corrected chi connectivity index (χ3v) is 2.63. The van der Waals surface area contributed by atoms with E-state index in [2.05, 4.69) is 5.32 Å². The zero-order valence-electron chi connectivity index (χ0n) is 11.2. The van der Waals surface area contributed by atoms with Crippen LogP contribution in [0, 0.1) is 6.92 Å². The van der Waals surface area contributed by atoms with Crippen LogP contribution in [-0.2, 0) is 9.53 Å². The molecule has 4 heteroatoms. The Morgan fingerprint density at radius 2 is 2.11 bits per heavy atom. The lowest BCUT2D eigenvalue weighted by Crippen LogP contribution is -2.39. The third-order valence-electron chi connectivity index (χ3n) is 2.63. The lowest BCUT2D eigenvalue weighted by atomic mass is 10.2. The second-order valence-corrected chi connectivity index (χ2v) is 4.06. The Morgan fingerprint density at radius 1 is 1.39 bits per heavy atom. The van der Waals surface area contributed by atoms with Crippen LogP contribution in [0.25, 0.3) is 0 Å². The second-order valence-electron chi connectivity index (χ2n) is 4.06. The van der Waals surface area contributed by atoms with E-state index < -0.39 is 6.10 Å². The minimum atomic E-state index is -0.456. The summed E-state index contributed by atoms with van der Waals surface area (Å²) in [5, 5.41) is 2.79. The number of nitrogens with one attached hydrogen (secondary N) is 1. The molecule has 1 aromatic rings. The van der Waals surface area contributed by atoms with Gasteiger partial charge >= 0.3 is 0 Å². The van der Waals surface area contributed by atoms with Crippen molar-refractivity contribution in [2.75, 3.05) is 20.3 Å². The van der Waals surface area contributed by atoms with Crippen LogP contribution in [-0.4, -0.2) is 32.3 Å². The Balaban J connectivity index is 2.56. The van der Waals surface area contributed by atoms with E-state index in [0.29, 0.717) is 19.6 Å². The number of aryl methyl sites for hydroxylation is 1. The molecule has 100 valence electrons. The summed E-state index contributed by atoms with van der Waals surface area (Å²) in [4.78, 5) is 11.9. The molecule has 1 N–H and O–H groups in total. The van der Waals surface area contributed by atoms with E-state index in [0.717, 1.165) is 11.3 Å². The van der Waals surface area contributed by atoms with Crippen LogP contribution in [0.2, 0.25) is 0 Å². The van der Waals surface area contributed by atoms with Crippen LogP contribution in [0.15, 0.2) is 24.3 Å². The number of carbonyl (C=O) groups excluding carboxylic acids is 1. The highest BCUT2D eigenvalue weighted by Gasteiger charge is 2.18. The van der Waals surface area contributed by atoms with E-state index in [1.54, 1.807) is 7.11 Å². The predicted molar refractivity (Wildman–Crippen MR) is 70.8 cm³/mol. The van der Waals surface area contributed by atoms with Gasteiger partial charge in [0, 0.05) is 13.7 Å². The fraction of sp³-hybridized carbons (Fsp3) is 0.500. The molecule has 18 heavy (non-hydrogen) atoms. The van der Waals surface area contributed by atoms with Gasteiger partial charge in [0.15, 0.2) is 6.10 Å². The van der Waals surface area contributed by atoms with E-state index in [9.17, 15) is 4.79 Å². The first-order chi connectivity index (χ1) is 8.69. The topological polar surface area (TPSA) is 47.6 Å². The first-order valence-electron chi connectivity index (χ1n) is 6.18. The van der Waals surface area contributed by atoms with Gasteiger partial charge in [-0.05, 0) is 25.0 Å². The number of rotatable bonds is 7. The summed E-state index contributed by atoms with van der Waals surface area (Å²) in [5.74, 6) is 0.657. The standard InChI is InChI=1S/C14H21NO3/c1-4-12(14(16)15-9-10-17-3)18-13-8-6-5-7-11(13)2/h5-8,12H,4,9-10H2,1-3H3,(H,15,16). The highest BCUT2D eigenvalue weighted by Crippen LogP contribution is 2.18. The molecule has 1 rings (SSSR count). The number of hydrogen-bond acceptors (Lipinski definition) is 3. The molecule has 0 saturated heterocycles. The number of amides is 1. The molecule has 0 spiro atoms. The summed E-state index contributed by atoms with van der Waals surface area (Å²) in [6.45, 7) is 4.90. The molecular formula is C14H21NO3. The van der Waals surface area contributed by atoms with Crippen molar-refractivity contribution in [1.82, 2.24) is 5.32 Å². The van der Waals surface area contributed by atoms with Gasteiger partial charge in [-0.3, -0.25) is 4.79 Å². The van der Waals surface area contributed by atoms with Gasteiger partial charge in [-0.25, -0.2) is 0 Å². The molecule has 0 aliphatic rings. The maximum Gasteiger partial charge on any atom is 0.261 e. The zero-order valence-corrected chi connectivity index (χ0v) is 11.2. The van der Waals surface area contributed by atoms with Crippen molar-refractivity contribution in [3.05, 3.63) is 29.8 Å². The first-order valence-corrected chi connectivity index (χ1v) is 6.18. The fourth-order valence-corrected chi connectivity index (χ4v) is 1.55. The van der Waals surface area contributed by atoms with Gasteiger partial charge in [-0.1, -0.05) is 25.1 Å². The number of ether oxygens (including phenoxy) is 2. The van der Waals surface area contributed by atoms with E-state index in [1.807, 2.05) is 38.1 Å². The van der Waals surface area contributed by atoms with Crippen LogP contribution in [0.3, 0.4) is 0 Å². The molecular weight excluding hydrogens is 230 g/mol. The number of para-hydroxylation sites is 1. The minimum Gasteiger partial charge on any atom is -0.480 e. The van der Waals surface area contributed by atoms with Crippen LogP contribution >= 0.6 is 0 Å². The molecule has 1 atom stereocenters. The van der Waals surface area contributed by atoms with Gasteiger partial charge in [0.2, 0.25) is 0 Å². The Hall–Kier alpha value is -1.55. The SMILES string of the molecule is CCC(Oc1ccccc1C)C(=O)NCCOC. The van der Waals surface area contributed by atoms with Crippen LogP contribution in [0.4, 0.5) is 0 Å². The molecule has 0 saturated carbocycles. The van der Waals surface area contributed by atoms with E-state index in [-0.39, 0.29) is 5.91 Å². The molecule has 0 aliphatic heterocycles. The number of benzene rings is 1. The van der Waals surface area contributed by atoms with Gasteiger partial charge in [-0.2, -0.15) is 0 Å². The summed E-state index contributed by atoms with van der Waals surface area (Å²) in [6.07, 6.45) is 0.176. The molecule has 1 amide bonds. The number of methoxy groups -OCH3 is 1. The third kappa shape index (κ3) is 4.37. The maximum absolute atomic E-state index is 11.9.